The van der Waals surface area contributed by atoms with Crippen molar-refractivity contribution >= 4 is 16.7 Å². The average Bonchev–Trinajstić information content (AvgIpc) is 2.71. The molecule has 1 N–H and O–H groups in total. The van der Waals surface area contributed by atoms with Gasteiger partial charge in [-0.15, -0.1) is 0 Å². The zero-order valence-electron chi connectivity index (χ0n) is 11.8. The van der Waals surface area contributed by atoms with E-state index in [9.17, 15) is 4.79 Å². The Kier molecular flexibility index (Phi) is 2.94. The molecule has 0 unspecified atom stereocenters. The fourth-order valence-corrected chi connectivity index (χ4v) is 3.10. The van der Waals surface area contributed by atoms with E-state index < -0.39 is 0 Å². The predicted molar refractivity (Wildman–Crippen MR) is 77.7 cm³/mol. The van der Waals surface area contributed by atoms with Gasteiger partial charge in [0.1, 0.15) is 0 Å². The van der Waals surface area contributed by atoms with Gasteiger partial charge in [-0.25, -0.2) is 0 Å². The van der Waals surface area contributed by atoms with E-state index in [0.29, 0.717) is 0 Å². The van der Waals surface area contributed by atoms with Crippen molar-refractivity contribution in [3.63, 3.8) is 0 Å². The molecule has 1 aromatic heterocycles. The van der Waals surface area contributed by atoms with Crippen LogP contribution in [0.25, 0.3) is 10.9 Å². The van der Waals surface area contributed by atoms with Crippen LogP contribution in [-0.2, 0) is 6.42 Å². The van der Waals surface area contributed by atoms with Crippen molar-refractivity contribution in [2.75, 3.05) is 20.6 Å². The van der Waals surface area contributed by atoms with Gasteiger partial charge in [-0.1, -0.05) is 11.6 Å². The van der Waals surface area contributed by atoms with Gasteiger partial charge in [0, 0.05) is 23.4 Å². The standard InChI is InChI=1S/C16H20N2O/c1-10-4-7-14-13(8-10)12-6-5-11(9-18(2)3)16(19)15(12)17-14/h4,7-8,11,17H,5-6,9H2,1-3H3/t11-/m0/s1. The van der Waals surface area contributed by atoms with Crippen LogP contribution in [0.1, 0.15) is 28.0 Å². The van der Waals surface area contributed by atoms with E-state index in [2.05, 4.69) is 35.0 Å². The third-order valence-electron chi connectivity index (χ3n) is 4.01. The number of H-pyrrole nitrogens is 1. The number of aromatic nitrogens is 1. The maximum absolute atomic E-state index is 12.5. The summed E-state index contributed by atoms with van der Waals surface area (Å²) in [5.74, 6) is 0.417. The maximum atomic E-state index is 12.5. The second kappa shape index (κ2) is 4.49. The molecule has 2 aromatic rings. The van der Waals surface area contributed by atoms with Crippen molar-refractivity contribution < 1.29 is 4.79 Å². The van der Waals surface area contributed by atoms with Crippen molar-refractivity contribution in [1.82, 2.24) is 9.88 Å². The van der Waals surface area contributed by atoms with Crippen LogP contribution >= 0.6 is 0 Å². The minimum atomic E-state index is 0.136. The lowest BCUT2D eigenvalue weighted by atomic mass is 9.85. The van der Waals surface area contributed by atoms with Gasteiger partial charge in [0.15, 0.2) is 5.78 Å². The molecular weight excluding hydrogens is 236 g/mol. The quantitative estimate of drug-likeness (QED) is 0.897. The Morgan fingerprint density at radius 1 is 1.37 bits per heavy atom. The van der Waals surface area contributed by atoms with Crippen LogP contribution in [0.4, 0.5) is 0 Å². The van der Waals surface area contributed by atoms with Gasteiger partial charge in [0.2, 0.25) is 0 Å². The molecule has 1 atom stereocenters. The normalized spacial score (nSPS) is 19.2. The number of hydrogen-bond acceptors (Lipinski definition) is 2. The molecule has 0 amide bonds. The highest BCUT2D eigenvalue weighted by Gasteiger charge is 2.30. The molecule has 1 aromatic carbocycles. The molecule has 0 saturated heterocycles. The number of aromatic amines is 1. The number of nitrogens with zero attached hydrogens (tertiary/aromatic N) is 1. The zero-order chi connectivity index (χ0) is 13.6. The largest absolute Gasteiger partial charge is 0.352 e. The summed E-state index contributed by atoms with van der Waals surface area (Å²) in [5, 5.41) is 1.23. The molecule has 1 aliphatic carbocycles. The van der Waals surface area contributed by atoms with Crippen molar-refractivity contribution in [3.8, 4) is 0 Å². The summed E-state index contributed by atoms with van der Waals surface area (Å²) in [5.41, 5.74) is 4.41. The summed E-state index contributed by atoms with van der Waals surface area (Å²) in [7, 11) is 4.05. The fraction of sp³-hybridized carbons (Fsp3) is 0.438. The molecule has 1 heterocycles. The Morgan fingerprint density at radius 3 is 2.89 bits per heavy atom. The molecule has 0 aliphatic heterocycles. The predicted octanol–water partition coefficient (Wildman–Crippen LogP) is 2.78. The van der Waals surface area contributed by atoms with Gasteiger partial charge < -0.3 is 9.88 Å². The first-order valence-electron chi connectivity index (χ1n) is 6.86. The van der Waals surface area contributed by atoms with E-state index in [0.717, 1.165) is 30.6 Å². The van der Waals surface area contributed by atoms with Crippen LogP contribution in [-0.4, -0.2) is 36.3 Å². The Labute approximate surface area is 113 Å². The van der Waals surface area contributed by atoms with E-state index in [1.54, 1.807) is 0 Å². The Hall–Kier alpha value is -1.61. The summed E-state index contributed by atoms with van der Waals surface area (Å²) in [6.45, 7) is 2.94. The van der Waals surface area contributed by atoms with Gasteiger partial charge in [0.25, 0.3) is 0 Å². The zero-order valence-corrected chi connectivity index (χ0v) is 11.8. The summed E-state index contributed by atoms with van der Waals surface area (Å²) < 4.78 is 0. The van der Waals surface area contributed by atoms with E-state index in [1.807, 2.05) is 14.1 Å². The highest BCUT2D eigenvalue weighted by Crippen LogP contribution is 2.32. The number of hydrogen-bond donors (Lipinski definition) is 1. The third kappa shape index (κ3) is 2.08. The molecule has 0 saturated carbocycles. The topological polar surface area (TPSA) is 36.1 Å². The first kappa shape index (κ1) is 12.4. The number of carbonyl (C=O) groups excluding carboxylic acids is 1. The van der Waals surface area contributed by atoms with Crippen LogP contribution in [0.5, 0.6) is 0 Å². The number of benzene rings is 1. The van der Waals surface area contributed by atoms with Crippen LogP contribution < -0.4 is 0 Å². The molecule has 1 aliphatic rings. The Morgan fingerprint density at radius 2 is 2.16 bits per heavy atom. The highest BCUT2D eigenvalue weighted by molar-refractivity contribution is 6.04. The van der Waals surface area contributed by atoms with Crippen LogP contribution in [0.2, 0.25) is 0 Å². The van der Waals surface area contributed by atoms with Gasteiger partial charge in [-0.2, -0.15) is 0 Å². The molecule has 0 fully saturated rings. The molecule has 19 heavy (non-hydrogen) atoms. The van der Waals surface area contributed by atoms with Crippen molar-refractivity contribution in [2.45, 2.75) is 19.8 Å². The molecule has 0 bridgehead atoms. The summed E-state index contributed by atoms with van der Waals surface area (Å²) >= 11 is 0. The Bertz CT molecular complexity index is 639. The van der Waals surface area contributed by atoms with E-state index in [-0.39, 0.29) is 11.7 Å². The number of Topliss-reactive ketones (excluding diaryl/α,β-unsaturated/α-hetero) is 1. The van der Waals surface area contributed by atoms with Crippen LogP contribution in [0.15, 0.2) is 18.2 Å². The number of rotatable bonds is 2. The van der Waals surface area contributed by atoms with Gasteiger partial charge >= 0.3 is 0 Å². The second-order valence-electron chi connectivity index (χ2n) is 5.89. The smallest absolute Gasteiger partial charge is 0.183 e. The van der Waals surface area contributed by atoms with Gasteiger partial charge in [-0.3, -0.25) is 4.79 Å². The SMILES string of the molecule is Cc1ccc2[nH]c3c(c2c1)CC[C@@H](CN(C)C)C3=O. The molecule has 0 radical (unpaired) electrons. The lowest BCUT2D eigenvalue weighted by Crippen LogP contribution is -2.31. The first-order valence-corrected chi connectivity index (χ1v) is 6.86. The van der Waals surface area contributed by atoms with Gasteiger partial charge in [0.05, 0.1) is 5.69 Å². The summed E-state index contributed by atoms with van der Waals surface area (Å²) in [6, 6.07) is 6.35. The van der Waals surface area contributed by atoms with E-state index in [4.69, 9.17) is 0 Å². The van der Waals surface area contributed by atoms with Crippen molar-refractivity contribution in [1.29, 1.82) is 0 Å². The minimum Gasteiger partial charge on any atom is -0.352 e. The molecule has 100 valence electrons. The number of carbonyl (C=O) groups is 1. The van der Waals surface area contributed by atoms with Crippen molar-refractivity contribution in [2.24, 2.45) is 5.92 Å². The van der Waals surface area contributed by atoms with Gasteiger partial charge in [-0.05, 0) is 51.6 Å². The molecule has 3 rings (SSSR count). The second-order valence-corrected chi connectivity index (χ2v) is 5.89. The Balaban J connectivity index is 2.05. The number of nitrogens with one attached hydrogen (secondary N) is 1. The summed E-state index contributed by atoms with van der Waals surface area (Å²) in [6.07, 6.45) is 1.97. The molecular formula is C16H20N2O. The van der Waals surface area contributed by atoms with Crippen LogP contribution in [0.3, 0.4) is 0 Å². The maximum Gasteiger partial charge on any atom is 0.183 e. The summed E-state index contributed by atoms with van der Waals surface area (Å²) in [4.78, 5) is 18.0. The lowest BCUT2D eigenvalue weighted by molar-refractivity contribution is 0.0873. The first-order chi connectivity index (χ1) is 9.06. The number of ketones is 1. The van der Waals surface area contributed by atoms with Crippen molar-refractivity contribution in [3.05, 3.63) is 35.0 Å². The fourth-order valence-electron chi connectivity index (χ4n) is 3.10. The molecule has 0 spiro atoms. The third-order valence-corrected chi connectivity index (χ3v) is 4.01. The van der Waals surface area contributed by atoms with E-state index >= 15 is 0 Å². The van der Waals surface area contributed by atoms with Crippen LogP contribution in [0, 0.1) is 12.8 Å². The molecule has 3 heteroatoms. The van der Waals surface area contributed by atoms with E-state index in [1.165, 1.54) is 16.5 Å². The monoisotopic (exact) mass is 256 g/mol. The minimum absolute atomic E-state index is 0.136. The average molecular weight is 256 g/mol. The molecule has 3 nitrogen and oxygen atoms in total. The number of fused-ring (bicyclic) bond motifs is 3. The number of aryl methyl sites for hydroxylation is 2. The highest BCUT2D eigenvalue weighted by atomic mass is 16.1. The lowest BCUT2D eigenvalue weighted by Gasteiger charge is -2.23.